The Morgan fingerprint density at radius 1 is 1.24 bits per heavy atom. The van der Waals surface area contributed by atoms with E-state index in [4.69, 9.17) is 11.6 Å². The van der Waals surface area contributed by atoms with Crippen LogP contribution in [0.3, 0.4) is 0 Å². The largest absolute Gasteiger partial charge is 0.387 e. The fraction of sp³-hybridized carbons (Fsp3) is 0.533. The van der Waals surface area contributed by atoms with Gasteiger partial charge in [0.2, 0.25) is 0 Å². The molecule has 4 nitrogen and oxygen atoms in total. The molecule has 0 atom stereocenters. The minimum absolute atomic E-state index is 0.481. The van der Waals surface area contributed by atoms with Crippen molar-refractivity contribution in [3.63, 3.8) is 0 Å². The first-order valence-corrected chi connectivity index (χ1v) is 8.54. The third-order valence-electron chi connectivity index (χ3n) is 4.18. The molecular formula is C15H19ClN4S. The first-order chi connectivity index (χ1) is 10.2. The topological polar surface area (TPSA) is 50.7 Å². The van der Waals surface area contributed by atoms with Crippen LogP contribution in [-0.2, 0) is 0 Å². The summed E-state index contributed by atoms with van der Waals surface area (Å²) in [6, 6.07) is 1.82. The highest BCUT2D eigenvalue weighted by molar-refractivity contribution is 7.14. The molecule has 0 aliphatic heterocycles. The molecule has 21 heavy (non-hydrogen) atoms. The van der Waals surface area contributed by atoms with Gasteiger partial charge in [0.15, 0.2) is 5.01 Å². The fourth-order valence-corrected chi connectivity index (χ4v) is 4.02. The number of aromatic nitrogens is 3. The highest BCUT2D eigenvalue weighted by Gasteiger charge is 2.23. The molecule has 6 heteroatoms. The summed E-state index contributed by atoms with van der Waals surface area (Å²) >= 11 is 7.62. The van der Waals surface area contributed by atoms with E-state index in [1.54, 1.807) is 17.5 Å². The van der Waals surface area contributed by atoms with E-state index in [0.717, 1.165) is 27.2 Å². The van der Waals surface area contributed by atoms with Gasteiger partial charge < -0.3 is 5.32 Å². The quantitative estimate of drug-likeness (QED) is 0.840. The van der Waals surface area contributed by atoms with Crippen LogP contribution in [0.5, 0.6) is 0 Å². The molecular weight excluding hydrogens is 304 g/mol. The molecule has 2 aromatic rings. The van der Waals surface area contributed by atoms with E-state index in [-0.39, 0.29) is 0 Å². The lowest BCUT2D eigenvalue weighted by Gasteiger charge is -2.23. The third-order valence-corrected chi connectivity index (χ3v) is 5.50. The molecule has 2 heterocycles. The van der Waals surface area contributed by atoms with Gasteiger partial charge in [-0.15, -0.1) is 10.2 Å². The second kappa shape index (κ2) is 6.28. The first-order valence-electron chi connectivity index (χ1n) is 7.34. The maximum absolute atomic E-state index is 5.94. The Balaban J connectivity index is 1.85. The van der Waals surface area contributed by atoms with Crippen LogP contribution in [-0.4, -0.2) is 22.2 Å². The standard InChI is InChI=1S/C15H19ClN4S/c1-9-3-5-10(6-4-9)14-19-20-15(21-14)11-8-18-13(16)7-12(11)17-2/h7-10H,3-6H2,1-2H3,(H,17,18). The van der Waals surface area contributed by atoms with Crippen molar-refractivity contribution in [3.8, 4) is 10.6 Å². The molecule has 1 N–H and O–H groups in total. The number of anilines is 1. The molecule has 1 aliphatic carbocycles. The minimum Gasteiger partial charge on any atom is -0.387 e. The fourth-order valence-electron chi connectivity index (χ4n) is 2.82. The van der Waals surface area contributed by atoms with Crippen molar-refractivity contribution in [2.24, 2.45) is 5.92 Å². The molecule has 0 saturated heterocycles. The summed E-state index contributed by atoms with van der Waals surface area (Å²) in [5.41, 5.74) is 1.91. The van der Waals surface area contributed by atoms with E-state index in [1.807, 2.05) is 13.1 Å². The van der Waals surface area contributed by atoms with Gasteiger partial charge in [-0.1, -0.05) is 42.7 Å². The van der Waals surface area contributed by atoms with Crippen molar-refractivity contribution < 1.29 is 0 Å². The van der Waals surface area contributed by atoms with Crippen LogP contribution in [0.1, 0.15) is 43.5 Å². The van der Waals surface area contributed by atoms with Gasteiger partial charge in [0, 0.05) is 24.8 Å². The number of hydrogen-bond acceptors (Lipinski definition) is 5. The van der Waals surface area contributed by atoms with Crippen molar-refractivity contribution in [3.05, 3.63) is 22.4 Å². The molecule has 0 unspecified atom stereocenters. The van der Waals surface area contributed by atoms with E-state index in [1.165, 1.54) is 25.7 Å². The number of halogens is 1. The molecule has 1 fully saturated rings. The second-order valence-corrected chi connectivity index (χ2v) is 7.10. The average molecular weight is 323 g/mol. The van der Waals surface area contributed by atoms with Crippen molar-refractivity contribution in [2.75, 3.05) is 12.4 Å². The van der Waals surface area contributed by atoms with Gasteiger partial charge in [0.1, 0.15) is 10.2 Å². The molecule has 112 valence electrons. The number of pyridine rings is 1. The van der Waals surface area contributed by atoms with Gasteiger partial charge in [-0.3, -0.25) is 0 Å². The SMILES string of the molecule is CNc1cc(Cl)ncc1-c1nnc(C2CCC(C)CC2)s1. The molecule has 0 bridgehead atoms. The highest BCUT2D eigenvalue weighted by Crippen LogP contribution is 2.39. The van der Waals surface area contributed by atoms with Crippen LogP contribution < -0.4 is 5.32 Å². The Morgan fingerprint density at radius 3 is 2.71 bits per heavy atom. The van der Waals surface area contributed by atoms with Crippen LogP contribution in [0.4, 0.5) is 5.69 Å². The summed E-state index contributed by atoms with van der Waals surface area (Å²) in [4.78, 5) is 4.16. The van der Waals surface area contributed by atoms with Gasteiger partial charge in [-0.25, -0.2) is 4.98 Å². The lowest BCUT2D eigenvalue weighted by Crippen LogP contribution is -2.10. The summed E-state index contributed by atoms with van der Waals surface area (Å²) in [5, 5.41) is 14.5. The Hall–Kier alpha value is -1.20. The molecule has 0 spiro atoms. The van der Waals surface area contributed by atoms with E-state index in [2.05, 4.69) is 27.4 Å². The van der Waals surface area contributed by atoms with Gasteiger partial charge in [0.05, 0.1) is 5.56 Å². The third kappa shape index (κ3) is 3.19. The smallest absolute Gasteiger partial charge is 0.151 e. The summed E-state index contributed by atoms with van der Waals surface area (Å²) < 4.78 is 0. The molecule has 3 rings (SSSR count). The van der Waals surface area contributed by atoms with Crippen molar-refractivity contribution in [2.45, 2.75) is 38.5 Å². The van der Waals surface area contributed by atoms with E-state index >= 15 is 0 Å². The van der Waals surface area contributed by atoms with Gasteiger partial charge in [-0.2, -0.15) is 0 Å². The number of nitrogens with one attached hydrogen (secondary N) is 1. The van der Waals surface area contributed by atoms with E-state index in [9.17, 15) is 0 Å². The van der Waals surface area contributed by atoms with Crippen molar-refractivity contribution >= 4 is 28.6 Å². The molecule has 2 aromatic heterocycles. The lowest BCUT2D eigenvalue weighted by atomic mass is 9.83. The Labute approximate surface area is 134 Å². The van der Waals surface area contributed by atoms with Crippen LogP contribution in [0.2, 0.25) is 5.15 Å². The Morgan fingerprint density at radius 2 is 2.00 bits per heavy atom. The average Bonchev–Trinajstić information content (AvgIpc) is 2.97. The van der Waals surface area contributed by atoms with E-state index < -0.39 is 0 Å². The zero-order chi connectivity index (χ0) is 14.8. The highest BCUT2D eigenvalue weighted by atomic mass is 35.5. The molecule has 0 radical (unpaired) electrons. The second-order valence-electron chi connectivity index (χ2n) is 5.70. The van der Waals surface area contributed by atoms with Crippen LogP contribution in [0.15, 0.2) is 12.3 Å². The predicted molar refractivity (Wildman–Crippen MR) is 88.1 cm³/mol. The van der Waals surface area contributed by atoms with Gasteiger partial charge in [-0.05, 0) is 24.8 Å². The maximum Gasteiger partial charge on any atom is 0.151 e. The Kier molecular flexibility index (Phi) is 4.40. The van der Waals surface area contributed by atoms with E-state index in [0.29, 0.717) is 11.1 Å². The van der Waals surface area contributed by atoms with Gasteiger partial charge in [0.25, 0.3) is 0 Å². The normalized spacial score (nSPS) is 22.2. The van der Waals surface area contributed by atoms with Gasteiger partial charge >= 0.3 is 0 Å². The zero-order valence-electron chi connectivity index (χ0n) is 12.3. The molecule has 0 amide bonds. The summed E-state index contributed by atoms with van der Waals surface area (Å²) in [6.45, 7) is 2.33. The monoisotopic (exact) mass is 322 g/mol. The summed E-state index contributed by atoms with van der Waals surface area (Å²) in [7, 11) is 1.87. The lowest BCUT2D eigenvalue weighted by molar-refractivity contribution is 0.346. The van der Waals surface area contributed by atoms with Crippen LogP contribution in [0.25, 0.3) is 10.6 Å². The molecule has 0 aromatic carbocycles. The number of hydrogen-bond donors (Lipinski definition) is 1. The first kappa shape index (κ1) is 14.7. The Bertz CT molecular complexity index is 620. The predicted octanol–water partition coefficient (Wildman–Crippen LogP) is 4.59. The number of nitrogens with zero attached hydrogens (tertiary/aromatic N) is 3. The maximum atomic E-state index is 5.94. The minimum atomic E-state index is 0.481. The summed E-state index contributed by atoms with van der Waals surface area (Å²) in [5.74, 6) is 1.43. The van der Waals surface area contributed by atoms with Crippen molar-refractivity contribution in [1.82, 2.24) is 15.2 Å². The number of rotatable bonds is 3. The molecule has 1 saturated carbocycles. The van der Waals surface area contributed by atoms with Crippen molar-refractivity contribution in [1.29, 1.82) is 0 Å². The molecule has 1 aliphatic rings. The van der Waals surface area contributed by atoms with Crippen LogP contribution in [0, 0.1) is 5.92 Å². The zero-order valence-corrected chi connectivity index (χ0v) is 13.8. The van der Waals surface area contributed by atoms with Crippen LogP contribution >= 0.6 is 22.9 Å². The summed E-state index contributed by atoms with van der Waals surface area (Å²) in [6.07, 6.45) is 6.82.